The number of ether oxygens (including phenoxy) is 1. The molecule has 1 aliphatic heterocycles. The predicted octanol–water partition coefficient (Wildman–Crippen LogP) is 5.10. The molecule has 2 heterocycles. The van der Waals surface area contributed by atoms with E-state index < -0.39 is 0 Å². The third kappa shape index (κ3) is 4.58. The second-order valence-electron chi connectivity index (χ2n) is 6.80. The van der Waals surface area contributed by atoms with Gasteiger partial charge >= 0.3 is 0 Å². The molecule has 0 N–H and O–H groups in total. The van der Waals surface area contributed by atoms with Gasteiger partial charge in [-0.2, -0.15) is 0 Å². The van der Waals surface area contributed by atoms with Crippen molar-refractivity contribution in [2.75, 3.05) is 29.6 Å². The van der Waals surface area contributed by atoms with Crippen LogP contribution < -0.4 is 9.64 Å². The number of rotatable bonds is 7. The standard InChI is InChI=1S/C21H24N2O2S3/c1-2-11-23(21-22-17-5-3-4-6-18(17)28-21)19(24)14-25-16-9-7-15(8-10-16)20-26-12-13-27-20/h2,7-10,20H,1,3-6,11-14H2. The molecular weight excluding hydrogens is 408 g/mol. The fourth-order valence-corrected chi connectivity index (χ4v) is 7.40. The second-order valence-corrected chi connectivity index (χ2v) is 10.6. The molecule has 2 aliphatic rings. The zero-order valence-corrected chi connectivity index (χ0v) is 18.2. The Hall–Kier alpha value is -1.44. The Morgan fingerprint density at radius 2 is 1.96 bits per heavy atom. The van der Waals surface area contributed by atoms with Crippen molar-refractivity contribution in [3.63, 3.8) is 0 Å². The molecule has 148 valence electrons. The fourth-order valence-electron chi connectivity index (χ4n) is 3.36. The number of aryl methyl sites for hydroxylation is 2. The number of nitrogens with zero attached hydrogens (tertiary/aromatic N) is 2. The summed E-state index contributed by atoms with van der Waals surface area (Å²) in [6, 6.07) is 8.13. The Morgan fingerprint density at radius 3 is 2.68 bits per heavy atom. The predicted molar refractivity (Wildman–Crippen MR) is 121 cm³/mol. The van der Waals surface area contributed by atoms with E-state index in [1.807, 2.05) is 35.7 Å². The highest BCUT2D eigenvalue weighted by Crippen LogP contribution is 2.45. The minimum absolute atomic E-state index is 0.00433. The summed E-state index contributed by atoms with van der Waals surface area (Å²) in [7, 11) is 0. The van der Waals surface area contributed by atoms with E-state index in [4.69, 9.17) is 9.72 Å². The van der Waals surface area contributed by atoms with Gasteiger partial charge in [0.25, 0.3) is 5.91 Å². The molecule has 0 radical (unpaired) electrons. The van der Waals surface area contributed by atoms with E-state index in [0.29, 0.717) is 11.1 Å². The van der Waals surface area contributed by atoms with Crippen molar-refractivity contribution < 1.29 is 9.53 Å². The maximum absolute atomic E-state index is 12.8. The van der Waals surface area contributed by atoms with Crippen LogP contribution in [0.3, 0.4) is 0 Å². The summed E-state index contributed by atoms with van der Waals surface area (Å²) in [6.07, 6.45) is 6.22. The topological polar surface area (TPSA) is 42.4 Å². The number of thiazole rings is 1. The van der Waals surface area contributed by atoms with Gasteiger partial charge in [0, 0.05) is 22.9 Å². The molecule has 4 rings (SSSR count). The Labute approximate surface area is 178 Å². The summed E-state index contributed by atoms with van der Waals surface area (Å²) in [5.74, 6) is 3.06. The highest BCUT2D eigenvalue weighted by atomic mass is 32.2. The molecule has 0 saturated carbocycles. The van der Waals surface area contributed by atoms with Crippen LogP contribution in [0.15, 0.2) is 36.9 Å². The number of hydrogen-bond donors (Lipinski definition) is 0. The summed E-state index contributed by atoms with van der Waals surface area (Å²) in [5.41, 5.74) is 2.47. The van der Waals surface area contributed by atoms with Crippen molar-refractivity contribution in [2.45, 2.75) is 30.3 Å². The Bertz CT molecular complexity index is 805. The summed E-state index contributed by atoms with van der Waals surface area (Å²) >= 11 is 5.60. The highest BCUT2D eigenvalue weighted by molar-refractivity contribution is 8.19. The van der Waals surface area contributed by atoms with Crippen molar-refractivity contribution in [2.24, 2.45) is 0 Å². The lowest BCUT2D eigenvalue weighted by Crippen LogP contribution is -2.35. The zero-order valence-electron chi connectivity index (χ0n) is 15.8. The van der Waals surface area contributed by atoms with Gasteiger partial charge in [0.1, 0.15) is 5.75 Å². The van der Waals surface area contributed by atoms with Crippen LogP contribution in [0.25, 0.3) is 0 Å². The number of benzene rings is 1. The number of amides is 1. The molecule has 2 aromatic rings. The van der Waals surface area contributed by atoms with Crippen molar-refractivity contribution >= 4 is 45.9 Å². The Kier molecular flexibility index (Phi) is 6.65. The third-order valence-corrected chi connectivity index (χ3v) is 9.10. The van der Waals surface area contributed by atoms with Gasteiger partial charge < -0.3 is 4.74 Å². The van der Waals surface area contributed by atoms with E-state index >= 15 is 0 Å². The average molecular weight is 433 g/mol. The number of carbonyl (C=O) groups excluding carboxylic acids is 1. The third-order valence-electron chi connectivity index (χ3n) is 4.81. The molecule has 1 amide bonds. The monoisotopic (exact) mass is 432 g/mol. The second kappa shape index (κ2) is 9.37. The van der Waals surface area contributed by atoms with Crippen LogP contribution >= 0.6 is 34.9 Å². The van der Waals surface area contributed by atoms with Crippen LogP contribution in [-0.4, -0.2) is 35.5 Å². The van der Waals surface area contributed by atoms with E-state index in [-0.39, 0.29) is 12.5 Å². The van der Waals surface area contributed by atoms with Crippen molar-refractivity contribution in [3.8, 4) is 5.75 Å². The van der Waals surface area contributed by atoms with Gasteiger partial charge in [-0.3, -0.25) is 9.69 Å². The van der Waals surface area contributed by atoms with E-state index in [2.05, 4.69) is 18.7 Å². The van der Waals surface area contributed by atoms with Crippen LogP contribution in [0.4, 0.5) is 5.13 Å². The van der Waals surface area contributed by atoms with Gasteiger partial charge in [-0.15, -0.1) is 41.4 Å². The first-order chi connectivity index (χ1) is 13.7. The fraction of sp³-hybridized carbons (Fsp3) is 0.429. The number of anilines is 1. The van der Waals surface area contributed by atoms with Gasteiger partial charge in [-0.05, 0) is 43.4 Å². The molecule has 1 saturated heterocycles. The molecule has 28 heavy (non-hydrogen) atoms. The molecular formula is C21H24N2O2S3. The van der Waals surface area contributed by atoms with Gasteiger partial charge in [-0.25, -0.2) is 4.98 Å². The van der Waals surface area contributed by atoms with Gasteiger partial charge in [-0.1, -0.05) is 18.2 Å². The molecule has 1 fully saturated rings. The summed E-state index contributed by atoms with van der Waals surface area (Å²) in [4.78, 5) is 20.5. The van der Waals surface area contributed by atoms with Crippen molar-refractivity contribution in [1.29, 1.82) is 0 Å². The number of hydrogen-bond acceptors (Lipinski definition) is 6. The maximum atomic E-state index is 12.8. The van der Waals surface area contributed by atoms with Crippen molar-refractivity contribution in [1.82, 2.24) is 4.98 Å². The van der Waals surface area contributed by atoms with E-state index in [0.717, 1.165) is 29.4 Å². The zero-order chi connectivity index (χ0) is 19.3. The molecule has 7 heteroatoms. The lowest BCUT2D eigenvalue weighted by atomic mass is 10.0. The largest absolute Gasteiger partial charge is 0.484 e. The normalized spacial score (nSPS) is 16.6. The van der Waals surface area contributed by atoms with E-state index in [1.54, 1.807) is 22.3 Å². The average Bonchev–Trinajstić information content (AvgIpc) is 3.40. The van der Waals surface area contributed by atoms with Gasteiger partial charge in [0.05, 0.1) is 10.3 Å². The Morgan fingerprint density at radius 1 is 1.21 bits per heavy atom. The van der Waals surface area contributed by atoms with Gasteiger partial charge in [0.15, 0.2) is 11.7 Å². The summed E-state index contributed by atoms with van der Waals surface area (Å²) < 4.78 is 6.30. The quantitative estimate of drug-likeness (QED) is 0.570. The van der Waals surface area contributed by atoms with Crippen LogP contribution in [-0.2, 0) is 17.6 Å². The first kappa shape index (κ1) is 19.9. The first-order valence-corrected chi connectivity index (χ1v) is 12.5. The smallest absolute Gasteiger partial charge is 0.266 e. The number of carbonyl (C=O) groups is 1. The first-order valence-electron chi connectivity index (χ1n) is 9.60. The number of thioether (sulfide) groups is 2. The molecule has 0 unspecified atom stereocenters. The molecule has 0 spiro atoms. The lowest BCUT2D eigenvalue weighted by molar-refractivity contribution is -0.120. The minimum Gasteiger partial charge on any atom is -0.484 e. The number of fused-ring (bicyclic) bond motifs is 1. The van der Waals surface area contributed by atoms with Crippen LogP contribution in [0.1, 0.15) is 33.6 Å². The summed E-state index contributed by atoms with van der Waals surface area (Å²) in [5, 5.41) is 0.769. The molecule has 1 aliphatic carbocycles. The maximum Gasteiger partial charge on any atom is 0.266 e. The highest BCUT2D eigenvalue weighted by Gasteiger charge is 2.23. The van der Waals surface area contributed by atoms with Crippen molar-refractivity contribution in [3.05, 3.63) is 53.1 Å². The SMILES string of the molecule is C=CCN(C(=O)COc1ccc(C2SCCS2)cc1)c1nc2c(s1)CCCC2. The summed E-state index contributed by atoms with van der Waals surface area (Å²) in [6.45, 7) is 4.25. The lowest BCUT2D eigenvalue weighted by Gasteiger charge is -2.18. The molecule has 0 bridgehead atoms. The molecule has 1 aromatic carbocycles. The van der Waals surface area contributed by atoms with Crippen LogP contribution in [0.2, 0.25) is 0 Å². The van der Waals surface area contributed by atoms with Crippen LogP contribution in [0, 0.1) is 0 Å². The molecule has 4 nitrogen and oxygen atoms in total. The van der Waals surface area contributed by atoms with Crippen LogP contribution in [0.5, 0.6) is 5.75 Å². The molecule has 0 atom stereocenters. The van der Waals surface area contributed by atoms with E-state index in [9.17, 15) is 4.79 Å². The number of aromatic nitrogens is 1. The molecule has 1 aromatic heterocycles. The van der Waals surface area contributed by atoms with E-state index in [1.165, 1.54) is 34.8 Å². The van der Waals surface area contributed by atoms with Gasteiger partial charge in [0.2, 0.25) is 0 Å². The Balaban J connectivity index is 1.39. The minimum atomic E-state index is -0.0861.